The van der Waals surface area contributed by atoms with E-state index >= 15 is 0 Å². The SMILES string of the molecule is Nc1ccc(SCc2cccc(Cl)c2F)cc1F. The maximum Gasteiger partial charge on any atom is 0.147 e. The van der Waals surface area contributed by atoms with E-state index in [2.05, 4.69) is 0 Å². The molecule has 18 heavy (non-hydrogen) atoms. The largest absolute Gasteiger partial charge is 0.396 e. The predicted molar refractivity (Wildman–Crippen MR) is 71.8 cm³/mol. The van der Waals surface area contributed by atoms with Gasteiger partial charge in [0.2, 0.25) is 0 Å². The molecule has 0 amide bonds. The molecule has 1 nitrogen and oxygen atoms in total. The van der Waals surface area contributed by atoms with Crippen molar-refractivity contribution in [3.05, 3.63) is 58.6 Å². The third-order valence-corrected chi connectivity index (χ3v) is 3.73. The van der Waals surface area contributed by atoms with E-state index in [0.29, 0.717) is 16.2 Å². The Kier molecular flexibility index (Phi) is 4.09. The van der Waals surface area contributed by atoms with Crippen LogP contribution in [0.5, 0.6) is 0 Å². The number of hydrogen-bond donors (Lipinski definition) is 1. The zero-order valence-corrected chi connectivity index (χ0v) is 10.9. The Bertz CT molecular complexity index is 575. The zero-order valence-electron chi connectivity index (χ0n) is 9.29. The minimum Gasteiger partial charge on any atom is -0.396 e. The van der Waals surface area contributed by atoms with E-state index in [1.165, 1.54) is 30.0 Å². The van der Waals surface area contributed by atoms with E-state index in [4.69, 9.17) is 17.3 Å². The monoisotopic (exact) mass is 285 g/mol. The molecular weight excluding hydrogens is 276 g/mol. The zero-order chi connectivity index (χ0) is 13.1. The summed E-state index contributed by atoms with van der Waals surface area (Å²) in [5, 5.41) is 0.0941. The quantitative estimate of drug-likeness (QED) is 0.664. The van der Waals surface area contributed by atoms with E-state index in [1.807, 2.05) is 0 Å². The van der Waals surface area contributed by atoms with Gasteiger partial charge in [-0.25, -0.2) is 8.78 Å². The molecular formula is C13H10ClF2NS. The lowest BCUT2D eigenvalue weighted by molar-refractivity contribution is 0.618. The van der Waals surface area contributed by atoms with E-state index < -0.39 is 11.6 Å². The smallest absolute Gasteiger partial charge is 0.147 e. The first-order valence-corrected chi connectivity index (χ1v) is 6.55. The molecule has 5 heteroatoms. The van der Waals surface area contributed by atoms with Gasteiger partial charge >= 0.3 is 0 Å². The van der Waals surface area contributed by atoms with Gasteiger partial charge in [0, 0.05) is 10.6 Å². The molecule has 0 saturated carbocycles. The number of anilines is 1. The number of hydrogen-bond acceptors (Lipinski definition) is 2. The molecule has 0 spiro atoms. The Morgan fingerprint density at radius 2 is 1.94 bits per heavy atom. The van der Waals surface area contributed by atoms with Crippen LogP contribution < -0.4 is 5.73 Å². The summed E-state index contributed by atoms with van der Waals surface area (Å²) in [5.74, 6) is -0.510. The molecule has 0 saturated heterocycles. The molecule has 0 aliphatic heterocycles. The van der Waals surface area contributed by atoms with Gasteiger partial charge in [0.25, 0.3) is 0 Å². The lowest BCUT2D eigenvalue weighted by Crippen LogP contribution is -1.91. The number of rotatable bonds is 3. The van der Waals surface area contributed by atoms with E-state index in [-0.39, 0.29) is 10.7 Å². The van der Waals surface area contributed by atoms with Crippen LogP contribution >= 0.6 is 23.4 Å². The number of nitrogen functional groups attached to an aromatic ring is 1. The summed E-state index contributed by atoms with van der Waals surface area (Å²) in [7, 11) is 0. The minimum atomic E-state index is -0.466. The molecule has 2 rings (SSSR count). The number of benzene rings is 2. The lowest BCUT2D eigenvalue weighted by atomic mass is 10.2. The van der Waals surface area contributed by atoms with Crippen LogP contribution in [0.25, 0.3) is 0 Å². The Hall–Kier alpha value is -1.26. The topological polar surface area (TPSA) is 26.0 Å². The van der Waals surface area contributed by atoms with Gasteiger partial charge in [-0.1, -0.05) is 23.7 Å². The van der Waals surface area contributed by atoms with Crippen molar-refractivity contribution in [2.24, 2.45) is 0 Å². The number of halogens is 3. The lowest BCUT2D eigenvalue weighted by Gasteiger charge is -2.05. The number of nitrogens with two attached hydrogens (primary N) is 1. The van der Waals surface area contributed by atoms with Crippen LogP contribution in [-0.4, -0.2) is 0 Å². The highest BCUT2D eigenvalue weighted by Gasteiger charge is 2.07. The molecule has 0 fully saturated rings. The molecule has 94 valence electrons. The Balaban J connectivity index is 2.11. The fraction of sp³-hybridized carbons (Fsp3) is 0.0769. The van der Waals surface area contributed by atoms with Gasteiger partial charge in [0.15, 0.2) is 0 Å². The molecule has 0 unspecified atom stereocenters. The first-order valence-electron chi connectivity index (χ1n) is 5.18. The first-order chi connectivity index (χ1) is 8.58. The molecule has 0 aliphatic carbocycles. The second-order valence-corrected chi connectivity index (χ2v) is 5.14. The van der Waals surface area contributed by atoms with Gasteiger partial charge in [-0.05, 0) is 29.8 Å². The van der Waals surface area contributed by atoms with E-state index in [1.54, 1.807) is 18.2 Å². The molecule has 2 N–H and O–H groups in total. The van der Waals surface area contributed by atoms with Crippen molar-refractivity contribution in [2.45, 2.75) is 10.6 Å². The van der Waals surface area contributed by atoms with Crippen molar-refractivity contribution in [2.75, 3.05) is 5.73 Å². The van der Waals surface area contributed by atoms with Crippen molar-refractivity contribution in [1.82, 2.24) is 0 Å². The maximum absolute atomic E-state index is 13.6. The van der Waals surface area contributed by atoms with Gasteiger partial charge in [-0.15, -0.1) is 11.8 Å². The highest BCUT2D eigenvalue weighted by molar-refractivity contribution is 7.98. The third-order valence-electron chi connectivity index (χ3n) is 2.40. The second-order valence-electron chi connectivity index (χ2n) is 3.68. The Morgan fingerprint density at radius 3 is 2.67 bits per heavy atom. The van der Waals surface area contributed by atoms with Crippen LogP contribution in [0.1, 0.15) is 5.56 Å². The van der Waals surface area contributed by atoms with Crippen LogP contribution in [-0.2, 0) is 5.75 Å². The summed E-state index contributed by atoms with van der Waals surface area (Å²) in [6.45, 7) is 0. The van der Waals surface area contributed by atoms with Crippen LogP contribution in [0, 0.1) is 11.6 Å². The summed E-state index contributed by atoms with van der Waals surface area (Å²) in [4.78, 5) is 0.695. The molecule has 0 heterocycles. The molecule has 2 aromatic rings. The van der Waals surface area contributed by atoms with Crippen molar-refractivity contribution in [3.8, 4) is 0 Å². The average Bonchev–Trinajstić information content (AvgIpc) is 2.35. The van der Waals surface area contributed by atoms with Crippen LogP contribution in [0.2, 0.25) is 5.02 Å². The normalized spacial score (nSPS) is 10.6. The van der Waals surface area contributed by atoms with Gasteiger partial charge in [-0.2, -0.15) is 0 Å². The fourth-order valence-electron chi connectivity index (χ4n) is 1.42. The molecule has 0 aromatic heterocycles. The van der Waals surface area contributed by atoms with Crippen LogP contribution in [0.4, 0.5) is 14.5 Å². The number of thioether (sulfide) groups is 1. The highest BCUT2D eigenvalue weighted by Crippen LogP contribution is 2.28. The van der Waals surface area contributed by atoms with Crippen molar-refractivity contribution < 1.29 is 8.78 Å². The van der Waals surface area contributed by atoms with Crippen LogP contribution in [0.15, 0.2) is 41.3 Å². The van der Waals surface area contributed by atoms with Crippen molar-refractivity contribution in [1.29, 1.82) is 0 Å². The molecule has 0 aliphatic rings. The summed E-state index contributed by atoms with van der Waals surface area (Å²) in [5.41, 5.74) is 5.97. The first kappa shape index (κ1) is 13.2. The summed E-state index contributed by atoms with van der Waals surface area (Å²) >= 11 is 7.01. The van der Waals surface area contributed by atoms with E-state index in [9.17, 15) is 8.78 Å². The van der Waals surface area contributed by atoms with Gasteiger partial charge in [-0.3, -0.25) is 0 Å². The molecule has 0 atom stereocenters. The predicted octanol–water partition coefficient (Wildman–Crippen LogP) is 4.49. The molecule has 0 bridgehead atoms. The Morgan fingerprint density at radius 1 is 1.17 bits per heavy atom. The van der Waals surface area contributed by atoms with Crippen molar-refractivity contribution in [3.63, 3.8) is 0 Å². The highest BCUT2D eigenvalue weighted by atomic mass is 35.5. The van der Waals surface area contributed by atoms with Crippen LogP contribution in [0.3, 0.4) is 0 Å². The Labute approximate surface area is 113 Å². The second kappa shape index (κ2) is 5.59. The maximum atomic E-state index is 13.6. The fourth-order valence-corrected chi connectivity index (χ4v) is 2.51. The van der Waals surface area contributed by atoms with Crippen molar-refractivity contribution >= 4 is 29.1 Å². The third kappa shape index (κ3) is 2.94. The molecule has 2 aromatic carbocycles. The van der Waals surface area contributed by atoms with Gasteiger partial charge in [0.05, 0.1) is 10.7 Å². The standard InChI is InChI=1S/C13H10ClF2NS/c14-10-3-1-2-8(13(10)16)7-18-9-4-5-12(17)11(15)6-9/h1-6H,7,17H2. The summed E-state index contributed by atoms with van der Waals surface area (Å²) < 4.78 is 26.8. The van der Waals surface area contributed by atoms with Gasteiger partial charge in [0.1, 0.15) is 11.6 Å². The minimum absolute atomic E-state index is 0.0941. The molecule has 0 radical (unpaired) electrons. The summed E-state index contributed by atoms with van der Waals surface area (Å²) in [6.07, 6.45) is 0. The summed E-state index contributed by atoms with van der Waals surface area (Å²) in [6, 6.07) is 9.36. The van der Waals surface area contributed by atoms with Gasteiger partial charge < -0.3 is 5.73 Å². The average molecular weight is 286 g/mol. The van der Waals surface area contributed by atoms with E-state index in [0.717, 1.165) is 0 Å².